The van der Waals surface area contributed by atoms with Crippen molar-refractivity contribution in [1.29, 1.82) is 0 Å². The number of carbonyl (C=O) groups excluding carboxylic acids is 3. The number of amides is 3. The Kier molecular flexibility index (Phi) is 5.44. The summed E-state index contributed by atoms with van der Waals surface area (Å²) in [5.74, 6) is -0.161. The second kappa shape index (κ2) is 7.88. The zero-order valence-electron chi connectivity index (χ0n) is 17.2. The molecule has 7 heteroatoms. The Morgan fingerprint density at radius 1 is 1.14 bits per heavy atom. The van der Waals surface area contributed by atoms with Gasteiger partial charge < -0.3 is 10.6 Å². The Morgan fingerprint density at radius 2 is 1.86 bits per heavy atom. The number of imide groups is 1. The second-order valence-corrected chi connectivity index (χ2v) is 8.83. The molecular weight excluding hydrogens is 368 g/mol. The molecule has 2 saturated heterocycles. The van der Waals surface area contributed by atoms with E-state index in [9.17, 15) is 14.4 Å². The van der Waals surface area contributed by atoms with Gasteiger partial charge in [0.25, 0.3) is 5.91 Å². The van der Waals surface area contributed by atoms with Crippen LogP contribution in [-0.2, 0) is 22.7 Å². The number of rotatable bonds is 4. The van der Waals surface area contributed by atoms with Crippen LogP contribution in [0, 0.1) is 5.92 Å². The van der Waals surface area contributed by atoms with Crippen LogP contribution >= 0.6 is 0 Å². The van der Waals surface area contributed by atoms with Crippen molar-refractivity contribution in [2.75, 3.05) is 6.54 Å². The van der Waals surface area contributed by atoms with Gasteiger partial charge in [-0.2, -0.15) is 0 Å². The minimum Gasteiger partial charge on any atom is -0.330 e. The zero-order valence-corrected chi connectivity index (χ0v) is 17.2. The van der Waals surface area contributed by atoms with E-state index in [1.165, 1.54) is 0 Å². The standard InChI is InChI=1S/C22H30N4O3/c1-13-7-16(10-23)8-14(2)25(13)11-15-3-4-17-12-26(22(29)18(17)9-15)19-5-6-20(27)24-21(19)28/h3-4,9,13-14,16,19H,5-8,10-12,23H2,1-2H3,(H,24,27,28). The number of benzene rings is 1. The first kappa shape index (κ1) is 20.0. The van der Waals surface area contributed by atoms with E-state index in [0.29, 0.717) is 36.5 Å². The topological polar surface area (TPSA) is 95.7 Å². The number of nitrogens with zero attached hydrogens (tertiary/aromatic N) is 2. The highest BCUT2D eigenvalue weighted by Crippen LogP contribution is 2.31. The van der Waals surface area contributed by atoms with Crippen LogP contribution in [0.4, 0.5) is 0 Å². The summed E-state index contributed by atoms with van der Waals surface area (Å²) < 4.78 is 0. The van der Waals surface area contributed by atoms with Crippen LogP contribution in [0.15, 0.2) is 18.2 Å². The lowest BCUT2D eigenvalue weighted by Gasteiger charge is -2.42. The Bertz CT molecular complexity index is 827. The molecule has 3 N–H and O–H groups in total. The summed E-state index contributed by atoms with van der Waals surface area (Å²) in [5.41, 5.74) is 8.64. The molecule has 3 unspecified atom stereocenters. The highest BCUT2D eigenvalue weighted by atomic mass is 16.2. The van der Waals surface area contributed by atoms with E-state index in [1.807, 2.05) is 12.1 Å². The summed E-state index contributed by atoms with van der Waals surface area (Å²) in [6.45, 7) is 6.48. The van der Waals surface area contributed by atoms with Crippen molar-refractivity contribution in [3.05, 3.63) is 34.9 Å². The monoisotopic (exact) mass is 398 g/mol. The van der Waals surface area contributed by atoms with Gasteiger partial charge in [-0.05, 0) is 62.8 Å². The maximum absolute atomic E-state index is 13.0. The minimum atomic E-state index is -0.564. The van der Waals surface area contributed by atoms with E-state index in [2.05, 4.69) is 30.1 Å². The molecule has 0 radical (unpaired) electrons. The molecule has 7 nitrogen and oxygen atoms in total. The molecule has 0 aliphatic carbocycles. The second-order valence-electron chi connectivity index (χ2n) is 8.83. The first-order chi connectivity index (χ1) is 13.9. The van der Waals surface area contributed by atoms with Crippen molar-refractivity contribution < 1.29 is 14.4 Å². The van der Waals surface area contributed by atoms with Crippen molar-refractivity contribution in [2.24, 2.45) is 11.7 Å². The van der Waals surface area contributed by atoms with Crippen molar-refractivity contribution in [3.8, 4) is 0 Å². The number of carbonyl (C=O) groups is 3. The molecule has 3 aliphatic rings. The Hall–Kier alpha value is -2.25. The molecule has 1 aromatic rings. The van der Waals surface area contributed by atoms with E-state index >= 15 is 0 Å². The molecular formula is C22H30N4O3. The number of nitrogens with two attached hydrogens (primary N) is 1. The maximum Gasteiger partial charge on any atom is 0.255 e. The lowest BCUT2D eigenvalue weighted by atomic mass is 9.87. The van der Waals surface area contributed by atoms with Crippen LogP contribution in [-0.4, -0.2) is 52.2 Å². The van der Waals surface area contributed by atoms with Gasteiger partial charge in [0.15, 0.2) is 0 Å². The third-order valence-corrected chi connectivity index (χ3v) is 6.77. The highest BCUT2D eigenvalue weighted by molar-refractivity contribution is 6.05. The molecule has 0 spiro atoms. The first-order valence-corrected chi connectivity index (χ1v) is 10.6. The first-order valence-electron chi connectivity index (χ1n) is 10.6. The normalized spacial score (nSPS) is 30.4. The van der Waals surface area contributed by atoms with E-state index in [4.69, 9.17) is 5.73 Å². The van der Waals surface area contributed by atoms with Crippen molar-refractivity contribution >= 4 is 17.7 Å². The Balaban J connectivity index is 1.48. The molecule has 156 valence electrons. The quantitative estimate of drug-likeness (QED) is 0.748. The van der Waals surface area contributed by atoms with Gasteiger partial charge in [-0.1, -0.05) is 12.1 Å². The molecule has 0 bridgehead atoms. The van der Waals surface area contributed by atoms with Gasteiger partial charge in [-0.3, -0.25) is 24.6 Å². The summed E-state index contributed by atoms with van der Waals surface area (Å²) >= 11 is 0. The van der Waals surface area contributed by atoms with E-state index in [1.54, 1.807) is 4.90 Å². The van der Waals surface area contributed by atoms with Gasteiger partial charge in [0.2, 0.25) is 11.8 Å². The average molecular weight is 399 g/mol. The highest BCUT2D eigenvalue weighted by Gasteiger charge is 2.39. The Morgan fingerprint density at radius 3 is 2.52 bits per heavy atom. The molecule has 3 aliphatic heterocycles. The fraction of sp³-hybridized carbons (Fsp3) is 0.591. The molecule has 29 heavy (non-hydrogen) atoms. The molecule has 3 heterocycles. The van der Waals surface area contributed by atoms with Crippen LogP contribution in [0.5, 0.6) is 0 Å². The van der Waals surface area contributed by atoms with Crippen molar-refractivity contribution in [1.82, 2.24) is 15.1 Å². The predicted octanol–water partition coefficient (Wildman–Crippen LogP) is 1.40. The zero-order chi connectivity index (χ0) is 20.7. The van der Waals surface area contributed by atoms with Gasteiger partial charge in [0.1, 0.15) is 6.04 Å². The van der Waals surface area contributed by atoms with Gasteiger partial charge in [-0.15, -0.1) is 0 Å². The SMILES string of the molecule is CC1CC(CN)CC(C)N1Cc1ccc2c(c1)C(=O)N(C1CCC(=O)NC1=O)C2. The lowest BCUT2D eigenvalue weighted by Crippen LogP contribution is -2.52. The van der Waals surface area contributed by atoms with Gasteiger partial charge in [0, 0.05) is 37.2 Å². The van der Waals surface area contributed by atoms with Gasteiger partial charge >= 0.3 is 0 Å². The largest absolute Gasteiger partial charge is 0.330 e. The summed E-state index contributed by atoms with van der Waals surface area (Å²) in [6, 6.07) is 6.43. The van der Waals surface area contributed by atoms with Crippen LogP contribution in [0.1, 0.15) is 61.0 Å². The minimum absolute atomic E-state index is 0.112. The van der Waals surface area contributed by atoms with Crippen LogP contribution in [0.3, 0.4) is 0 Å². The molecule has 0 saturated carbocycles. The predicted molar refractivity (Wildman–Crippen MR) is 109 cm³/mol. The van der Waals surface area contributed by atoms with E-state index in [0.717, 1.165) is 37.1 Å². The number of likely N-dealkylation sites (tertiary alicyclic amines) is 1. The molecule has 3 amide bonds. The van der Waals surface area contributed by atoms with Crippen molar-refractivity contribution in [2.45, 2.75) is 70.7 Å². The summed E-state index contributed by atoms with van der Waals surface area (Å²) in [7, 11) is 0. The van der Waals surface area contributed by atoms with Crippen LogP contribution in [0.2, 0.25) is 0 Å². The van der Waals surface area contributed by atoms with E-state index in [-0.39, 0.29) is 24.1 Å². The molecule has 0 aromatic heterocycles. The summed E-state index contributed by atoms with van der Waals surface area (Å²) in [6.07, 6.45) is 2.88. The van der Waals surface area contributed by atoms with Crippen molar-refractivity contribution in [3.63, 3.8) is 0 Å². The number of nitrogens with one attached hydrogen (secondary N) is 1. The third kappa shape index (κ3) is 3.81. The lowest BCUT2D eigenvalue weighted by molar-refractivity contribution is -0.136. The number of piperidine rings is 2. The van der Waals surface area contributed by atoms with Gasteiger partial charge in [-0.25, -0.2) is 0 Å². The molecule has 1 aromatic carbocycles. The fourth-order valence-corrected chi connectivity index (χ4v) is 5.18. The number of hydrogen-bond donors (Lipinski definition) is 2. The maximum atomic E-state index is 13.0. The number of fused-ring (bicyclic) bond motifs is 1. The third-order valence-electron chi connectivity index (χ3n) is 6.77. The van der Waals surface area contributed by atoms with Gasteiger partial charge in [0.05, 0.1) is 0 Å². The molecule has 2 fully saturated rings. The Labute approximate surface area is 171 Å². The summed E-state index contributed by atoms with van der Waals surface area (Å²) in [4.78, 5) is 40.7. The van der Waals surface area contributed by atoms with E-state index < -0.39 is 6.04 Å². The summed E-state index contributed by atoms with van der Waals surface area (Å²) in [5, 5.41) is 2.35. The molecule has 4 rings (SSSR count). The van der Waals surface area contributed by atoms with Crippen LogP contribution in [0.25, 0.3) is 0 Å². The smallest absolute Gasteiger partial charge is 0.255 e. The average Bonchev–Trinajstić information content (AvgIpc) is 3.00. The molecule has 3 atom stereocenters. The fourth-order valence-electron chi connectivity index (χ4n) is 5.18. The van der Waals surface area contributed by atoms with Crippen LogP contribution < -0.4 is 11.1 Å². The number of hydrogen-bond acceptors (Lipinski definition) is 5.